The van der Waals surface area contributed by atoms with Crippen molar-refractivity contribution in [2.24, 2.45) is 14.1 Å². The number of hydrogen-bond acceptors (Lipinski definition) is 4. The number of rotatable bonds is 6. The number of fused-ring (bicyclic) bond motifs is 1. The second-order valence-corrected chi connectivity index (χ2v) is 4.96. The van der Waals surface area contributed by atoms with Crippen molar-refractivity contribution in [2.75, 3.05) is 6.61 Å². The number of aliphatic hydroxyl groups is 1. The molecule has 0 atom stereocenters. The summed E-state index contributed by atoms with van der Waals surface area (Å²) >= 11 is 0. The molecule has 0 unspecified atom stereocenters. The summed E-state index contributed by atoms with van der Waals surface area (Å²) in [5, 5.41) is 8.71. The number of imidazole rings is 1. The van der Waals surface area contributed by atoms with Crippen LogP contribution in [0.1, 0.15) is 25.7 Å². The summed E-state index contributed by atoms with van der Waals surface area (Å²) in [6.07, 6.45) is 4.84. The Morgan fingerprint density at radius 2 is 1.85 bits per heavy atom. The van der Waals surface area contributed by atoms with E-state index in [0.717, 1.165) is 25.7 Å². The molecule has 0 aliphatic carbocycles. The van der Waals surface area contributed by atoms with Crippen LogP contribution in [0, 0.1) is 0 Å². The molecule has 0 saturated heterocycles. The van der Waals surface area contributed by atoms with Crippen molar-refractivity contribution in [3.8, 4) is 0 Å². The number of aliphatic hydroxyl groups excluding tert-OH is 1. The minimum Gasteiger partial charge on any atom is -0.396 e. The Labute approximate surface area is 116 Å². The summed E-state index contributed by atoms with van der Waals surface area (Å²) < 4.78 is 4.31. The molecule has 110 valence electrons. The van der Waals surface area contributed by atoms with Crippen molar-refractivity contribution in [1.29, 1.82) is 0 Å². The molecule has 0 bridgehead atoms. The van der Waals surface area contributed by atoms with Crippen LogP contribution >= 0.6 is 0 Å². The van der Waals surface area contributed by atoms with Crippen LogP contribution in [0.4, 0.5) is 0 Å². The van der Waals surface area contributed by atoms with Crippen LogP contribution in [0.2, 0.25) is 0 Å². The van der Waals surface area contributed by atoms with Gasteiger partial charge in [0.15, 0.2) is 11.2 Å². The average molecular weight is 280 g/mol. The molecule has 0 spiro atoms. The first-order valence-corrected chi connectivity index (χ1v) is 6.79. The van der Waals surface area contributed by atoms with Gasteiger partial charge in [-0.05, 0) is 12.8 Å². The Hall–Kier alpha value is -1.89. The summed E-state index contributed by atoms with van der Waals surface area (Å²) in [6, 6.07) is 0. The van der Waals surface area contributed by atoms with Crippen molar-refractivity contribution in [2.45, 2.75) is 32.2 Å². The SMILES string of the molecule is Cn1cnc2c1c(=O)n(CCCCCCO)c(=O)n2C. The van der Waals surface area contributed by atoms with E-state index in [2.05, 4.69) is 4.98 Å². The third-order valence-electron chi connectivity index (χ3n) is 3.49. The minimum absolute atomic E-state index is 0.183. The molecular weight excluding hydrogens is 260 g/mol. The summed E-state index contributed by atoms with van der Waals surface area (Å²) in [7, 11) is 3.37. The van der Waals surface area contributed by atoms with Crippen LogP contribution in [0.5, 0.6) is 0 Å². The Balaban J connectivity index is 2.31. The fourth-order valence-corrected chi connectivity index (χ4v) is 2.33. The van der Waals surface area contributed by atoms with Gasteiger partial charge in [0.1, 0.15) is 0 Å². The fraction of sp³-hybridized carbons (Fsp3) is 0.615. The topological polar surface area (TPSA) is 82.1 Å². The van der Waals surface area contributed by atoms with Crippen LogP contribution in [0.15, 0.2) is 15.9 Å². The van der Waals surface area contributed by atoms with Crippen LogP contribution in [-0.2, 0) is 20.6 Å². The number of aromatic nitrogens is 4. The molecule has 20 heavy (non-hydrogen) atoms. The van der Waals surface area contributed by atoms with Gasteiger partial charge in [-0.3, -0.25) is 13.9 Å². The highest BCUT2D eigenvalue weighted by atomic mass is 16.3. The van der Waals surface area contributed by atoms with Gasteiger partial charge in [0.05, 0.1) is 6.33 Å². The molecule has 0 aliphatic rings. The zero-order valence-corrected chi connectivity index (χ0v) is 11.9. The van der Waals surface area contributed by atoms with Crippen LogP contribution < -0.4 is 11.2 Å². The highest BCUT2D eigenvalue weighted by Gasteiger charge is 2.14. The molecule has 2 aromatic rings. The molecule has 0 radical (unpaired) electrons. The quantitative estimate of drug-likeness (QED) is 0.754. The molecule has 1 N–H and O–H groups in total. The summed E-state index contributed by atoms with van der Waals surface area (Å²) in [4.78, 5) is 28.6. The first-order valence-electron chi connectivity index (χ1n) is 6.79. The van der Waals surface area contributed by atoms with Gasteiger partial charge in [0.2, 0.25) is 0 Å². The van der Waals surface area contributed by atoms with Crippen molar-refractivity contribution in [3.05, 3.63) is 27.2 Å². The lowest BCUT2D eigenvalue weighted by Crippen LogP contribution is -2.39. The lowest BCUT2D eigenvalue weighted by Gasteiger charge is -2.08. The van der Waals surface area contributed by atoms with Gasteiger partial charge in [-0.2, -0.15) is 0 Å². The van der Waals surface area contributed by atoms with Gasteiger partial charge in [-0.1, -0.05) is 12.8 Å². The molecule has 0 saturated carbocycles. The van der Waals surface area contributed by atoms with E-state index in [-0.39, 0.29) is 17.9 Å². The fourth-order valence-electron chi connectivity index (χ4n) is 2.33. The monoisotopic (exact) mass is 280 g/mol. The highest BCUT2D eigenvalue weighted by molar-refractivity contribution is 5.69. The molecular formula is C13H20N4O3. The third-order valence-corrected chi connectivity index (χ3v) is 3.49. The molecule has 7 heteroatoms. The molecule has 2 rings (SSSR count). The maximum atomic E-state index is 12.4. The van der Waals surface area contributed by atoms with Crippen molar-refractivity contribution in [1.82, 2.24) is 18.7 Å². The first kappa shape index (κ1) is 14.5. The van der Waals surface area contributed by atoms with Crippen molar-refractivity contribution < 1.29 is 5.11 Å². The lowest BCUT2D eigenvalue weighted by molar-refractivity contribution is 0.282. The second kappa shape index (κ2) is 6.04. The molecule has 0 amide bonds. The summed E-state index contributed by atoms with van der Waals surface area (Å²) in [5.41, 5.74) is 0.245. The van der Waals surface area contributed by atoms with Crippen molar-refractivity contribution in [3.63, 3.8) is 0 Å². The van der Waals surface area contributed by atoms with E-state index >= 15 is 0 Å². The molecule has 0 fully saturated rings. The van der Waals surface area contributed by atoms with Crippen LogP contribution in [0.25, 0.3) is 11.2 Å². The largest absolute Gasteiger partial charge is 0.396 e. The van der Waals surface area contributed by atoms with E-state index in [1.54, 1.807) is 18.7 Å². The number of hydrogen-bond donors (Lipinski definition) is 1. The smallest absolute Gasteiger partial charge is 0.332 e. The van der Waals surface area contributed by atoms with E-state index in [9.17, 15) is 9.59 Å². The van der Waals surface area contributed by atoms with Gasteiger partial charge >= 0.3 is 5.69 Å². The normalized spacial score (nSPS) is 11.3. The van der Waals surface area contributed by atoms with Gasteiger partial charge in [-0.15, -0.1) is 0 Å². The van der Waals surface area contributed by atoms with Gasteiger partial charge < -0.3 is 9.67 Å². The highest BCUT2D eigenvalue weighted by Crippen LogP contribution is 2.04. The Morgan fingerprint density at radius 1 is 1.15 bits per heavy atom. The van der Waals surface area contributed by atoms with Gasteiger partial charge in [0, 0.05) is 27.2 Å². The van der Waals surface area contributed by atoms with Crippen LogP contribution in [0.3, 0.4) is 0 Å². The first-order chi connectivity index (χ1) is 9.57. The van der Waals surface area contributed by atoms with Crippen LogP contribution in [-0.4, -0.2) is 30.4 Å². The molecule has 0 aliphatic heterocycles. The van der Waals surface area contributed by atoms with E-state index in [1.165, 1.54) is 15.5 Å². The molecule has 0 aromatic carbocycles. The maximum absolute atomic E-state index is 12.4. The molecule has 2 aromatic heterocycles. The predicted molar refractivity (Wildman–Crippen MR) is 75.8 cm³/mol. The Bertz CT molecular complexity index is 711. The zero-order chi connectivity index (χ0) is 14.7. The van der Waals surface area contributed by atoms with E-state index < -0.39 is 0 Å². The van der Waals surface area contributed by atoms with Gasteiger partial charge in [0.25, 0.3) is 5.56 Å². The Morgan fingerprint density at radius 3 is 2.55 bits per heavy atom. The maximum Gasteiger partial charge on any atom is 0.332 e. The van der Waals surface area contributed by atoms with Crippen molar-refractivity contribution >= 4 is 11.2 Å². The number of aryl methyl sites for hydroxylation is 2. The average Bonchev–Trinajstić information content (AvgIpc) is 2.81. The summed E-state index contributed by atoms with van der Waals surface area (Å²) in [5.74, 6) is 0. The summed E-state index contributed by atoms with van der Waals surface area (Å²) in [6.45, 7) is 0.584. The number of nitrogens with zero attached hydrogens (tertiary/aromatic N) is 4. The van der Waals surface area contributed by atoms with Gasteiger partial charge in [-0.25, -0.2) is 9.78 Å². The number of unbranched alkanes of at least 4 members (excludes halogenated alkanes) is 3. The zero-order valence-electron chi connectivity index (χ0n) is 11.9. The van der Waals surface area contributed by atoms with E-state index in [1.807, 2.05) is 0 Å². The molecule has 2 heterocycles. The predicted octanol–water partition coefficient (Wildman–Crippen LogP) is -0.0136. The Kier molecular flexibility index (Phi) is 4.39. The standard InChI is InChI=1S/C13H20N4O3/c1-15-9-14-11-10(15)12(19)17(13(20)16(11)2)7-5-3-4-6-8-18/h9,18H,3-8H2,1-2H3. The second-order valence-electron chi connectivity index (χ2n) is 4.96. The van der Waals surface area contributed by atoms with E-state index in [0.29, 0.717) is 17.7 Å². The minimum atomic E-state index is -0.330. The third kappa shape index (κ3) is 2.53. The van der Waals surface area contributed by atoms with E-state index in [4.69, 9.17) is 5.11 Å². The molecule has 7 nitrogen and oxygen atoms in total. The lowest BCUT2D eigenvalue weighted by atomic mass is 10.2.